The molecule has 1 amide bonds. The maximum absolute atomic E-state index is 12.2. The SMILES string of the molecule is Cc1cc(-c2ccnc(Nc3cn(C)nc3C)n2)ccc1CN(C)C(=O)OC(C)(C)C. The van der Waals surface area contributed by atoms with Crippen LogP contribution in [0, 0.1) is 13.8 Å². The molecule has 1 N–H and O–H groups in total. The highest BCUT2D eigenvalue weighted by molar-refractivity contribution is 5.68. The summed E-state index contributed by atoms with van der Waals surface area (Å²) < 4.78 is 7.18. The molecule has 0 aliphatic rings. The van der Waals surface area contributed by atoms with Crippen LogP contribution in [0.2, 0.25) is 0 Å². The smallest absolute Gasteiger partial charge is 0.410 e. The molecule has 0 aliphatic heterocycles. The summed E-state index contributed by atoms with van der Waals surface area (Å²) in [6, 6.07) is 7.97. The highest BCUT2D eigenvalue weighted by atomic mass is 16.6. The molecule has 164 valence electrons. The quantitative estimate of drug-likeness (QED) is 0.647. The third-order valence-electron chi connectivity index (χ3n) is 4.67. The first-order valence-corrected chi connectivity index (χ1v) is 10.2. The Hall–Kier alpha value is -3.42. The molecule has 0 fully saturated rings. The van der Waals surface area contributed by atoms with Gasteiger partial charge in [0.1, 0.15) is 5.60 Å². The monoisotopic (exact) mass is 422 g/mol. The summed E-state index contributed by atoms with van der Waals surface area (Å²) in [5, 5.41) is 7.55. The van der Waals surface area contributed by atoms with Crippen molar-refractivity contribution < 1.29 is 9.53 Å². The van der Waals surface area contributed by atoms with Gasteiger partial charge in [-0.15, -0.1) is 0 Å². The molecule has 1 aromatic carbocycles. The average Bonchev–Trinajstić information content (AvgIpc) is 2.99. The molecule has 3 aromatic rings. The number of amides is 1. The Labute approximate surface area is 183 Å². The number of carbonyl (C=O) groups excluding carboxylic acids is 1. The predicted octanol–water partition coefficient (Wildman–Crippen LogP) is 4.60. The molecule has 8 nitrogen and oxygen atoms in total. The molecule has 0 aliphatic carbocycles. The summed E-state index contributed by atoms with van der Waals surface area (Å²) in [5.41, 5.74) is 5.16. The van der Waals surface area contributed by atoms with Crippen LogP contribution in [0.15, 0.2) is 36.7 Å². The van der Waals surface area contributed by atoms with Crippen molar-refractivity contribution in [3.8, 4) is 11.3 Å². The van der Waals surface area contributed by atoms with E-state index >= 15 is 0 Å². The van der Waals surface area contributed by atoms with Gasteiger partial charge in [-0.3, -0.25) is 4.68 Å². The van der Waals surface area contributed by atoms with Gasteiger partial charge >= 0.3 is 6.09 Å². The number of aryl methyl sites for hydroxylation is 3. The zero-order chi connectivity index (χ0) is 22.8. The van der Waals surface area contributed by atoms with Crippen LogP contribution >= 0.6 is 0 Å². The molecule has 0 unspecified atom stereocenters. The molecule has 0 radical (unpaired) electrons. The van der Waals surface area contributed by atoms with E-state index in [9.17, 15) is 4.79 Å². The Morgan fingerprint density at radius 2 is 1.97 bits per heavy atom. The summed E-state index contributed by atoms with van der Waals surface area (Å²) in [5.74, 6) is 0.514. The van der Waals surface area contributed by atoms with E-state index in [2.05, 4.69) is 26.4 Å². The summed E-state index contributed by atoms with van der Waals surface area (Å²) in [7, 11) is 3.62. The summed E-state index contributed by atoms with van der Waals surface area (Å²) in [6.07, 6.45) is 3.29. The number of anilines is 2. The van der Waals surface area contributed by atoms with E-state index in [4.69, 9.17) is 4.74 Å². The Kier molecular flexibility index (Phi) is 6.29. The minimum atomic E-state index is -0.517. The number of nitrogens with zero attached hydrogens (tertiary/aromatic N) is 5. The zero-order valence-electron chi connectivity index (χ0n) is 19.2. The number of benzene rings is 1. The van der Waals surface area contributed by atoms with Gasteiger partial charge in [0.2, 0.25) is 5.95 Å². The molecule has 2 heterocycles. The molecule has 2 aromatic heterocycles. The largest absolute Gasteiger partial charge is 0.444 e. The van der Waals surface area contributed by atoms with Crippen molar-refractivity contribution in [1.29, 1.82) is 0 Å². The van der Waals surface area contributed by atoms with Crippen LogP contribution in [-0.2, 0) is 18.3 Å². The number of carbonyl (C=O) groups is 1. The van der Waals surface area contributed by atoms with Gasteiger partial charge in [-0.1, -0.05) is 12.1 Å². The minimum absolute atomic E-state index is 0.340. The lowest BCUT2D eigenvalue weighted by Gasteiger charge is -2.25. The first kappa shape index (κ1) is 22.3. The van der Waals surface area contributed by atoms with E-state index in [0.717, 1.165) is 33.8 Å². The van der Waals surface area contributed by atoms with Crippen molar-refractivity contribution in [2.45, 2.75) is 46.8 Å². The number of aromatic nitrogens is 4. The number of hydrogen-bond acceptors (Lipinski definition) is 6. The fraction of sp³-hybridized carbons (Fsp3) is 0.391. The third-order valence-corrected chi connectivity index (χ3v) is 4.67. The van der Waals surface area contributed by atoms with Crippen molar-refractivity contribution in [3.05, 3.63) is 53.5 Å². The fourth-order valence-electron chi connectivity index (χ4n) is 3.11. The zero-order valence-corrected chi connectivity index (χ0v) is 19.2. The topological polar surface area (TPSA) is 85.2 Å². The van der Waals surface area contributed by atoms with Crippen LogP contribution in [0.4, 0.5) is 16.4 Å². The van der Waals surface area contributed by atoms with Crippen LogP contribution in [0.1, 0.15) is 37.6 Å². The highest BCUT2D eigenvalue weighted by Gasteiger charge is 2.20. The summed E-state index contributed by atoms with van der Waals surface area (Å²) in [6.45, 7) is 10.0. The molecule has 0 bridgehead atoms. The highest BCUT2D eigenvalue weighted by Crippen LogP contribution is 2.24. The second kappa shape index (κ2) is 8.75. The van der Waals surface area contributed by atoms with Gasteiger partial charge in [0, 0.05) is 38.6 Å². The Morgan fingerprint density at radius 1 is 1.23 bits per heavy atom. The van der Waals surface area contributed by atoms with Crippen LogP contribution in [0.3, 0.4) is 0 Å². The molecule has 31 heavy (non-hydrogen) atoms. The van der Waals surface area contributed by atoms with Crippen LogP contribution in [0.25, 0.3) is 11.3 Å². The van der Waals surface area contributed by atoms with Crippen molar-refractivity contribution in [3.63, 3.8) is 0 Å². The van der Waals surface area contributed by atoms with Crippen LogP contribution in [-0.4, -0.2) is 43.4 Å². The predicted molar refractivity (Wildman–Crippen MR) is 121 cm³/mol. The van der Waals surface area contributed by atoms with Gasteiger partial charge in [-0.05, 0) is 57.9 Å². The van der Waals surface area contributed by atoms with E-state index in [1.54, 1.807) is 22.8 Å². The van der Waals surface area contributed by atoms with Gasteiger partial charge in [0.05, 0.1) is 17.1 Å². The molecule has 0 atom stereocenters. The molecule has 0 spiro atoms. The summed E-state index contributed by atoms with van der Waals surface area (Å²) >= 11 is 0. The van der Waals surface area contributed by atoms with Gasteiger partial charge in [-0.25, -0.2) is 14.8 Å². The van der Waals surface area contributed by atoms with Gasteiger partial charge in [0.25, 0.3) is 0 Å². The molecule has 0 saturated heterocycles. The van der Waals surface area contributed by atoms with Crippen molar-refractivity contribution in [2.75, 3.05) is 12.4 Å². The molecular formula is C23H30N6O2. The summed E-state index contributed by atoms with van der Waals surface area (Å²) in [4.78, 5) is 22.8. The van der Waals surface area contributed by atoms with E-state index in [1.807, 2.05) is 66.1 Å². The van der Waals surface area contributed by atoms with E-state index in [-0.39, 0.29) is 6.09 Å². The lowest BCUT2D eigenvalue weighted by molar-refractivity contribution is 0.0285. The van der Waals surface area contributed by atoms with Crippen LogP contribution in [0.5, 0.6) is 0 Å². The maximum Gasteiger partial charge on any atom is 0.410 e. The number of nitrogens with one attached hydrogen (secondary N) is 1. The minimum Gasteiger partial charge on any atom is -0.444 e. The molecular weight excluding hydrogens is 392 g/mol. The first-order chi connectivity index (χ1) is 14.5. The molecule has 3 rings (SSSR count). The van der Waals surface area contributed by atoms with Crippen molar-refractivity contribution in [1.82, 2.24) is 24.6 Å². The molecule has 8 heteroatoms. The van der Waals surface area contributed by atoms with E-state index in [0.29, 0.717) is 12.5 Å². The van der Waals surface area contributed by atoms with E-state index < -0.39 is 5.60 Å². The maximum atomic E-state index is 12.2. The third kappa shape index (κ3) is 5.81. The number of hydrogen-bond donors (Lipinski definition) is 1. The van der Waals surface area contributed by atoms with Gasteiger partial charge in [-0.2, -0.15) is 5.10 Å². The number of rotatable bonds is 5. The normalized spacial score (nSPS) is 11.3. The van der Waals surface area contributed by atoms with Crippen LogP contribution < -0.4 is 5.32 Å². The second-order valence-electron chi connectivity index (χ2n) is 8.67. The first-order valence-electron chi connectivity index (χ1n) is 10.2. The Bertz CT molecular complexity index is 1080. The average molecular weight is 423 g/mol. The number of ether oxygens (including phenoxy) is 1. The lowest BCUT2D eigenvalue weighted by Crippen LogP contribution is -2.33. The van der Waals surface area contributed by atoms with Crippen molar-refractivity contribution in [2.24, 2.45) is 7.05 Å². The van der Waals surface area contributed by atoms with Gasteiger partial charge in [0.15, 0.2) is 0 Å². The van der Waals surface area contributed by atoms with E-state index in [1.165, 1.54) is 0 Å². The van der Waals surface area contributed by atoms with Crippen molar-refractivity contribution >= 4 is 17.7 Å². The second-order valence-corrected chi connectivity index (χ2v) is 8.67. The lowest BCUT2D eigenvalue weighted by atomic mass is 10.0. The standard InChI is InChI=1S/C23H30N6O2/c1-15-12-17(8-9-18(15)13-28(6)22(30)31-23(3,4)5)19-10-11-24-21(25-19)26-20-14-29(7)27-16(20)2/h8-12,14H,13H2,1-7H3,(H,24,25,26). The fourth-order valence-corrected chi connectivity index (χ4v) is 3.11. The molecule has 0 saturated carbocycles. The Balaban J connectivity index is 1.75. The van der Waals surface area contributed by atoms with Gasteiger partial charge < -0.3 is 15.0 Å². The Morgan fingerprint density at radius 3 is 2.58 bits per heavy atom.